The Morgan fingerprint density at radius 2 is 2.10 bits per heavy atom. The number of likely N-dealkylation sites (N-methyl/N-ethyl adjacent to an activating group) is 1. The highest BCUT2D eigenvalue weighted by molar-refractivity contribution is 7.16. The normalized spacial score (nSPS) is 25.6. The molecule has 1 aliphatic heterocycles. The number of fused-ring (bicyclic) bond motifs is 1. The number of ether oxygens (including phenoxy) is 2. The van der Waals surface area contributed by atoms with Crippen molar-refractivity contribution < 1.29 is 24.5 Å². The first-order valence-corrected chi connectivity index (χ1v) is 9.73. The molecule has 0 spiro atoms. The van der Waals surface area contributed by atoms with Crippen LogP contribution in [0.3, 0.4) is 0 Å². The fourth-order valence-corrected chi connectivity index (χ4v) is 4.07. The van der Waals surface area contributed by atoms with Gasteiger partial charge in [0.05, 0.1) is 0 Å². The summed E-state index contributed by atoms with van der Waals surface area (Å²) in [5, 5.41) is 23.6. The van der Waals surface area contributed by atoms with Crippen LogP contribution in [0.15, 0.2) is 9.59 Å². The van der Waals surface area contributed by atoms with Gasteiger partial charge in [-0.3, -0.25) is 23.9 Å². The molecule has 0 bridgehead atoms. The van der Waals surface area contributed by atoms with Gasteiger partial charge in [0.2, 0.25) is 5.95 Å². The van der Waals surface area contributed by atoms with Crippen molar-refractivity contribution in [1.82, 2.24) is 19.9 Å². The quantitative estimate of drug-likeness (QED) is 0.326. The molecule has 0 radical (unpaired) electrons. The van der Waals surface area contributed by atoms with Crippen molar-refractivity contribution in [2.24, 2.45) is 5.92 Å². The molecule has 0 aromatic carbocycles. The number of hydrogen-bond acceptors (Lipinski definition) is 11. The summed E-state index contributed by atoms with van der Waals surface area (Å²) in [6.45, 7) is 3.36. The first kappa shape index (κ1) is 21.4. The summed E-state index contributed by atoms with van der Waals surface area (Å²) >= 11 is 0.613. The number of rotatable bonds is 6. The van der Waals surface area contributed by atoms with E-state index in [-0.39, 0.29) is 28.8 Å². The maximum absolute atomic E-state index is 12.4. The van der Waals surface area contributed by atoms with Crippen LogP contribution in [-0.2, 0) is 14.3 Å². The van der Waals surface area contributed by atoms with Gasteiger partial charge in [0.15, 0.2) is 11.9 Å². The zero-order chi connectivity index (χ0) is 21.5. The van der Waals surface area contributed by atoms with Gasteiger partial charge < -0.3 is 30.7 Å². The molecule has 0 saturated carbocycles. The van der Waals surface area contributed by atoms with E-state index in [4.69, 9.17) is 15.2 Å². The van der Waals surface area contributed by atoms with E-state index in [1.807, 2.05) is 13.8 Å². The highest BCUT2D eigenvalue weighted by Crippen LogP contribution is 2.31. The summed E-state index contributed by atoms with van der Waals surface area (Å²) in [4.78, 5) is 42.2. The van der Waals surface area contributed by atoms with Crippen molar-refractivity contribution in [3.8, 4) is 0 Å². The zero-order valence-corrected chi connectivity index (χ0v) is 16.8. The fraction of sp³-hybridized carbons (Fsp3) is 0.625. The van der Waals surface area contributed by atoms with Gasteiger partial charge in [0.1, 0.15) is 35.7 Å². The predicted molar refractivity (Wildman–Crippen MR) is 103 cm³/mol. The van der Waals surface area contributed by atoms with E-state index < -0.39 is 47.0 Å². The predicted octanol–water partition coefficient (Wildman–Crippen LogP) is -1.87. The van der Waals surface area contributed by atoms with Gasteiger partial charge in [-0.05, 0) is 13.0 Å². The lowest BCUT2D eigenvalue weighted by Gasteiger charge is -2.20. The summed E-state index contributed by atoms with van der Waals surface area (Å²) in [6, 6.07) is -0.545. The summed E-state index contributed by atoms with van der Waals surface area (Å²) in [7, 11) is 1.63. The minimum atomic E-state index is -1.51. The van der Waals surface area contributed by atoms with Gasteiger partial charge in [-0.15, -0.1) is 0 Å². The molecule has 160 valence electrons. The summed E-state index contributed by atoms with van der Waals surface area (Å²) in [5.74, 6) is -0.764. The molecule has 3 heterocycles. The number of nitrogens with two attached hydrogens (primary N) is 1. The maximum Gasteiger partial charge on any atom is 0.323 e. The number of nitrogens with one attached hydrogen (secondary N) is 2. The van der Waals surface area contributed by atoms with Crippen molar-refractivity contribution >= 4 is 33.6 Å². The lowest BCUT2D eigenvalue weighted by Crippen LogP contribution is -2.42. The van der Waals surface area contributed by atoms with Crippen molar-refractivity contribution in [3.05, 3.63) is 20.0 Å². The molecular weight excluding hydrogens is 406 g/mol. The van der Waals surface area contributed by atoms with Crippen LogP contribution in [0.1, 0.15) is 20.1 Å². The summed E-state index contributed by atoms with van der Waals surface area (Å²) < 4.78 is 11.8. The van der Waals surface area contributed by atoms with Crippen molar-refractivity contribution in [3.63, 3.8) is 0 Å². The van der Waals surface area contributed by atoms with Gasteiger partial charge in [-0.2, -0.15) is 4.98 Å². The van der Waals surface area contributed by atoms with E-state index in [2.05, 4.69) is 15.3 Å². The molecule has 1 fully saturated rings. The number of aliphatic hydroxyl groups excluding tert-OH is 2. The molecule has 29 heavy (non-hydrogen) atoms. The van der Waals surface area contributed by atoms with E-state index in [0.717, 1.165) is 4.57 Å². The third kappa shape index (κ3) is 3.91. The van der Waals surface area contributed by atoms with E-state index in [1.54, 1.807) is 7.05 Å². The molecule has 12 nitrogen and oxygen atoms in total. The Balaban J connectivity index is 1.83. The Bertz CT molecular complexity index is 1020. The van der Waals surface area contributed by atoms with Gasteiger partial charge in [-0.1, -0.05) is 25.2 Å². The average molecular weight is 429 g/mol. The molecule has 13 heteroatoms. The van der Waals surface area contributed by atoms with Crippen LogP contribution in [0.4, 0.5) is 5.95 Å². The summed E-state index contributed by atoms with van der Waals surface area (Å²) in [5.41, 5.74) is 4.88. The summed E-state index contributed by atoms with van der Waals surface area (Å²) in [6.07, 6.45) is -5.35. The second kappa shape index (κ2) is 8.20. The smallest absolute Gasteiger partial charge is 0.323 e. The first-order chi connectivity index (χ1) is 13.6. The largest absolute Gasteiger partial charge is 0.462 e. The molecule has 2 aromatic heterocycles. The Labute approximate surface area is 168 Å². The standard InChI is InChI=1S/C16H23N5O7S/c1-5(2)7(18-3)14(25)27-4-6-8(22)9(23)13(28-6)21-11-10(29-16(21)26)12(24)20-15(17)19-11/h5-9,13,18,22-23H,4H2,1-3H3,(H3,17,19,20,24)/t6-,7+,8-,9-,13-/m1/s1. The van der Waals surface area contributed by atoms with Crippen LogP contribution < -0.4 is 21.5 Å². The minimum Gasteiger partial charge on any atom is -0.462 e. The molecule has 0 aliphatic carbocycles. The number of thiazole rings is 1. The number of carbonyl (C=O) groups excluding carboxylic acids is 1. The second-order valence-electron chi connectivity index (χ2n) is 7.03. The number of carbonyl (C=O) groups is 1. The van der Waals surface area contributed by atoms with E-state index in [1.165, 1.54) is 0 Å². The van der Waals surface area contributed by atoms with Crippen LogP contribution >= 0.6 is 11.3 Å². The molecule has 3 rings (SSSR count). The second-order valence-corrected chi connectivity index (χ2v) is 7.99. The number of aromatic amines is 1. The number of anilines is 1. The molecular formula is C16H23N5O7S. The number of aromatic nitrogens is 3. The monoisotopic (exact) mass is 429 g/mol. The van der Waals surface area contributed by atoms with E-state index in [9.17, 15) is 24.6 Å². The number of esters is 1. The Kier molecular flexibility index (Phi) is 6.05. The third-order valence-corrected chi connectivity index (χ3v) is 5.65. The molecule has 1 saturated heterocycles. The van der Waals surface area contributed by atoms with E-state index >= 15 is 0 Å². The molecule has 6 N–H and O–H groups in total. The minimum absolute atomic E-state index is 0.0122. The third-order valence-electron chi connectivity index (χ3n) is 4.70. The van der Waals surface area contributed by atoms with Crippen LogP contribution in [0.2, 0.25) is 0 Å². The number of nitrogens with zero attached hydrogens (tertiary/aromatic N) is 2. The zero-order valence-electron chi connectivity index (χ0n) is 16.0. The number of nitrogen functional groups attached to an aromatic ring is 1. The van der Waals surface area contributed by atoms with Crippen molar-refractivity contribution in [2.45, 2.75) is 44.4 Å². The van der Waals surface area contributed by atoms with Gasteiger partial charge in [0, 0.05) is 0 Å². The molecule has 0 amide bonds. The van der Waals surface area contributed by atoms with Gasteiger partial charge in [0.25, 0.3) is 5.56 Å². The lowest BCUT2D eigenvalue weighted by molar-refractivity contribution is -0.153. The molecule has 5 atom stereocenters. The number of aliphatic hydroxyl groups is 2. The van der Waals surface area contributed by atoms with Gasteiger partial charge in [-0.25, -0.2) is 0 Å². The van der Waals surface area contributed by atoms with Crippen LogP contribution in [0.5, 0.6) is 0 Å². The maximum atomic E-state index is 12.4. The SMILES string of the molecule is CN[C@H](C(=O)OC[C@H]1O[C@@H](n2c(=O)sc3c(=O)[nH]c(N)nc32)[C@H](O)[C@@H]1O)C(C)C. The number of H-pyrrole nitrogens is 1. The lowest BCUT2D eigenvalue weighted by atomic mass is 10.1. The molecule has 0 unspecified atom stereocenters. The van der Waals surface area contributed by atoms with Crippen molar-refractivity contribution in [2.75, 3.05) is 19.4 Å². The average Bonchev–Trinajstić information content (AvgIpc) is 3.10. The Morgan fingerprint density at radius 3 is 2.72 bits per heavy atom. The van der Waals surface area contributed by atoms with E-state index in [0.29, 0.717) is 11.3 Å². The first-order valence-electron chi connectivity index (χ1n) is 8.92. The van der Waals surface area contributed by atoms with Crippen LogP contribution in [0, 0.1) is 5.92 Å². The van der Waals surface area contributed by atoms with Gasteiger partial charge >= 0.3 is 10.8 Å². The fourth-order valence-electron chi connectivity index (χ4n) is 3.23. The number of hydrogen-bond donors (Lipinski definition) is 5. The Hall–Kier alpha value is -2.32. The highest BCUT2D eigenvalue weighted by Gasteiger charge is 2.46. The molecule has 2 aromatic rings. The Morgan fingerprint density at radius 1 is 1.41 bits per heavy atom. The molecule has 1 aliphatic rings. The van der Waals surface area contributed by atoms with Crippen molar-refractivity contribution in [1.29, 1.82) is 0 Å². The highest BCUT2D eigenvalue weighted by atomic mass is 32.1. The van der Waals surface area contributed by atoms with Crippen LogP contribution in [-0.4, -0.2) is 68.7 Å². The topological polar surface area (TPSA) is 182 Å². The van der Waals surface area contributed by atoms with Crippen LogP contribution in [0.25, 0.3) is 10.3 Å².